The second-order valence-corrected chi connectivity index (χ2v) is 4.79. The van der Waals surface area contributed by atoms with Crippen molar-refractivity contribution in [1.82, 2.24) is 0 Å². The van der Waals surface area contributed by atoms with Crippen molar-refractivity contribution in [3.8, 4) is 0 Å². The number of aryl methyl sites for hydroxylation is 1. The van der Waals surface area contributed by atoms with Gasteiger partial charge in [-0.15, -0.1) is 0 Å². The molecule has 0 saturated heterocycles. The van der Waals surface area contributed by atoms with E-state index in [4.69, 9.17) is 10.5 Å². The second-order valence-electron chi connectivity index (χ2n) is 4.79. The van der Waals surface area contributed by atoms with E-state index in [0.29, 0.717) is 12.1 Å². The van der Waals surface area contributed by atoms with Crippen LogP contribution in [0.25, 0.3) is 0 Å². The van der Waals surface area contributed by atoms with Gasteiger partial charge in [-0.3, -0.25) is 0 Å². The molecule has 1 aromatic carbocycles. The molecule has 0 spiro atoms. The summed E-state index contributed by atoms with van der Waals surface area (Å²) in [5, 5.41) is 0. The minimum Gasteiger partial charge on any atom is -0.373 e. The summed E-state index contributed by atoms with van der Waals surface area (Å²) in [5.74, 6) is 0. The Hall–Kier alpha value is -0.860. The highest BCUT2D eigenvalue weighted by Gasteiger charge is 2.19. The molecule has 0 bridgehead atoms. The maximum atomic E-state index is 5.94. The Kier molecular flexibility index (Phi) is 3.97. The number of rotatable bonds is 3. The zero-order valence-corrected chi connectivity index (χ0v) is 9.99. The van der Waals surface area contributed by atoms with Crippen LogP contribution in [0.3, 0.4) is 0 Å². The van der Waals surface area contributed by atoms with Crippen molar-refractivity contribution >= 4 is 0 Å². The summed E-state index contributed by atoms with van der Waals surface area (Å²) in [5.41, 5.74) is 8.55. The van der Waals surface area contributed by atoms with E-state index in [1.54, 1.807) is 0 Å². The van der Waals surface area contributed by atoms with E-state index in [1.807, 2.05) is 0 Å². The lowest BCUT2D eigenvalue weighted by atomic mass is 9.93. The first-order valence-electron chi connectivity index (χ1n) is 6.17. The van der Waals surface area contributed by atoms with E-state index in [-0.39, 0.29) is 0 Å². The number of benzene rings is 1. The van der Waals surface area contributed by atoms with Crippen molar-refractivity contribution in [2.75, 3.05) is 0 Å². The third-order valence-corrected chi connectivity index (χ3v) is 3.40. The summed E-state index contributed by atoms with van der Waals surface area (Å²) in [4.78, 5) is 0. The van der Waals surface area contributed by atoms with Crippen LogP contribution in [0, 0.1) is 6.92 Å². The van der Waals surface area contributed by atoms with Crippen LogP contribution in [0.1, 0.15) is 36.8 Å². The number of ether oxygens (including phenoxy) is 1. The summed E-state index contributed by atoms with van der Waals surface area (Å²) in [6.45, 7) is 2.86. The predicted octanol–water partition coefficient (Wildman–Crippen LogP) is 2.78. The van der Waals surface area contributed by atoms with Gasteiger partial charge in [-0.2, -0.15) is 0 Å². The molecule has 0 aliphatic heterocycles. The monoisotopic (exact) mass is 219 g/mol. The number of hydrogen-bond acceptors (Lipinski definition) is 2. The molecular formula is C14H21NO. The van der Waals surface area contributed by atoms with Crippen LogP contribution >= 0.6 is 0 Å². The van der Waals surface area contributed by atoms with E-state index in [0.717, 1.165) is 19.4 Å². The van der Waals surface area contributed by atoms with Gasteiger partial charge in [0.1, 0.15) is 0 Å². The molecule has 2 unspecified atom stereocenters. The Balaban J connectivity index is 1.85. The first kappa shape index (κ1) is 11.6. The minimum absolute atomic E-state index is 0.343. The fourth-order valence-corrected chi connectivity index (χ4v) is 2.31. The van der Waals surface area contributed by atoms with Crippen LogP contribution in [0.5, 0.6) is 0 Å². The first-order valence-corrected chi connectivity index (χ1v) is 6.17. The maximum Gasteiger partial charge on any atom is 0.0723 e. The van der Waals surface area contributed by atoms with Crippen molar-refractivity contribution in [3.05, 3.63) is 35.4 Å². The van der Waals surface area contributed by atoms with Gasteiger partial charge in [-0.1, -0.05) is 24.3 Å². The SMILES string of the molecule is Cc1ccccc1COC1CCCC(N)C1. The molecule has 1 aliphatic carbocycles. The van der Waals surface area contributed by atoms with Crippen molar-refractivity contribution < 1.29 is 4.74 Å². The second kappa shape index (κ2) is 5.46. The zero-order valence-electron chi connectivity index (χ0n) is 9.99. The summed E-state index contributed by atoms with van der Waals surface area (Å²) in [6, 6.07) is 8.74. The van der Waals surface area contributed by atoms with Crippen LogP contribution in [0.4, 0.5) is 0 Å². The molecule has 0 radical (unpaired) electrons. The minimum atomic E-state index is 0.343. The molecule has 2 rings (SSSR count). The molecule has 2 nitrogen and oxygen atoms in total. The summed E-state index contributed by atoms with van der Waals surface area (Å²) in [6.07, 6.45) is 4.92. The van der Waals surface area contributed by atoms with Crippen molar-refractivity contribution in [1.29, 1.82) is 0 Å². The quantitative estimate of drug-likeness (QED) is 0.848. The van der Waals surface area contributed by atoms with Gasteiger partial charge in [0.25, 0.3) is 0 Å². The molecule has 1 fully saturated rings. The van der Waals surface area contributed by atoms with Crippen LogP contribution < -0.4 is 5.73 Å². The highest BCUT2D eigenvalue weighted by Crippen LogP contribution is 2.21. The lowest BCUT2D eigenvalue weighted by Gasteiger charge is -2.26. The average molecular weight is 219 g/mol. The summed E-state index contributed by atoms with van der Waals surface area (Å²) < 4.78 is 5.94. The lowest BCUT2D eigenvalue weighted by Crippen LogP contribution is -2.32. The van der Waals surface area contributed by atoms with Crippen LogP contribution in [-0.4, -0.2) is 12.1 Å². The highest BCUT2D eigenvalue weighted by molar-refractivity contribution is 5.24. The van der Waals surface area contributed by atoms with Crippen LogP contribution in [0.15, 0.2) is 24.3 Å². The van der Waals surface area contributed by atoms with Gasteiger partial charge in [0.05, 0.1) is 12.7 Å². The average Bonchev–Trinajstić information content (AvgIpc) is 2.28. The van der Waals surface area contributed by atoms with Gasteiger partial charge in [0, 0.05) is 6.04 Å². The fourth-order valence-electron chi connectivity index (χ4n) is 2.31. The van der Waals surface area contributed by atoms with Crippen molar-refractivity contribution in [3.63, 3.8) is 0 Å². The molecule has 0 heterocycles. The Morgan fingerprint density at radius 2 is 2.12 bits per heavy atom. The molecule has 2 N–H and O–H groups in total. The molecule has 1 saturated carbocycles. The third-order valence-electron chi connectivity index (χ3n) is 3.40. The standard InChI is InChI=1S/C14H21NO/c1-11-5-2-3-6-12(11)10-16-14-8-4-7-13(15)9-14/h2-3,5-6,13-14H,4,7-10,15H2,1H3. The van der Waals surface area contributed by atoms with E-state index in [1.165, 1.54) is 24.0 Å². The molecular weight excluding hydrogens is 198 g/mol. The highest BCUT2D eigenvalue weighted by atomic mass is 16.5. The first-order chi connectivity index (χ1) is 7.75. The molecule has 2 heteroatoms. The molecule has 0 aromatic heterocycles. The molecule has 88 valence electrons. The van der Waals surface area contributed by atoms with Gasteiger partial charge in [-0.05, 0) is 43.7 Å². The van der Waals surface area contributed by atoms with Crippen molar-refractivity contribution in [2.24, 2.45) is 5.73 Å². The van der Waals surface area contributed by atoms with Crippen LogP contribution in [-0.2, 0) is 11.3 Å². The molecule has 1 aliphatic rings. The van der Waals surface area contributed by atoms with E-state index >= 15 is 0 Å². The zero-order chi connectivity index (χ0) is 11.4. The molecule has 0 amide bonds. The summed E-state index contributed by atoms with van der Waals surface area (Å²) >= 11 is 0. The van der Waals surface area contributed by atoms with E-state index in [9.17, 15) is 0 Å². The Bertz CT molecular complexity index is 337. The van der Waals surface area contributed by atoms with Gasteiger partial charge >= 0.3 is 0 Å². The van der Waals surface area contributed by atoms with Gasteiger partial charge in [0.15, 0.2) is 0 Å². The number of hydrogen-bond donors (Lipinski definition) is 1. The van der Waals surface area contributed by atoms with Gasteiger partial charge < -0.3 is 10.5 Å². The van der Waals surface area contributed by atoms with E-state index < -0.39 is 0 Å². The largest absolute Gasteiger partial charge is 0.373 e. The predicted molar refractivity (Wildman–Crippen MR) is 66.2 cm³/mol. The van der Waals surface area contributed by atoms with Crippen molar-refractivity contribution in [2.45, 2.75) is 51.4 Å². The van der Waals surface area contributed by atoms with Crippen LogP contribution in [0.2, 0.25) is 0 Å². The maximum absolute atomic E-state index is 5.94. The Morgan fingerprint density at radius 1 is 1.31 bits per heavy atom. The topological polar surface area (TPSA) is 35.2 Å². The smallest absolute Gasteiger partial charge is 0.0723 e. The summed E-state index contributed by atoms with van der Waals surface area (Å²) in [7, 11) is 0. The fraction of sp³-hybridized carbons (Fsp3) is 0.571. The molecule has 1 aromatic rings. The van der Waals surface area contributed by atoms with E-state index in [2.05, 4.69) is 31.2 Å². The van der Waals surface area contributed by atoms with Gasteiger partial charge in [-0.25, -0.2) is 0 Å². The molecule has 16 heavy (non-hydrogen) atoms. The molecule has 2 atom stereocenters. The Labute approximate surface area is 97.8 Å². The number of nitrogens with two attached hydrogens (primary N) is 1. The lowest BCUT2D eigenvalue weighted by molar-refractivity contribution is 0.0120. The Morgan fingerprint density at radius 3 is 2.88 bits per heavy atom. The van der Waals surface area contributed by atoms with Gasteiger partial charge in [0.2, 0.25) is 0 Å². The normalized spacial score (nSPS) is 25.6. The third kappa shape index (κ3) is 3.06.